The standard InChI is InChI=1S/C20H18ClN3OS/c1-13-6-5-7-18(14(13)2)24-19(25)16-9-8-15(21)12-17(16)23-20(24)26-11-4-3-10-22/h5-9,12H,3-4,11H2,1-2H3. The minimum atomic E-state index is -0.108. The van der Waals surface area contributed by atoms with Crippen LogP contribution < -0.4 is 5.56 Å². The van der Waals surface area contributed by atoms with Crippen LogP contribution in [0.5, 0.6) is 0 Å². The van der Waals surface area contributed by atoms with Gasteiger partial charge in [0, 0.05) is 17.2 Å². The van der Waals surface area contributed by atoms with Crippen molar-refractivity contribution in [2.75, 3.05) is 5.75 Å². The predicted octanol–water partition coefficient (Wildman–Crippen LogP) is 5.05. The van der Waals surface area contributed by atoms with Gasteiger partial charge < -0.3 is 0 Å². The second kappa shape index (κ2) is 7.94. The summed E-state index contributed by atoms with van der Waals surface area (Å²) in [5.41, 5.74) is 3.48. The zero-order valence-electron chi connectivity index (χ0n) is 14.6. The Kier molecular flexibility index (Phi) is 5.65. The van der Waals surface area contributed by atoms with Crippen LogP contribution in [0.1, 0.15) is 24.0 Å². The monoisotopic (exact) mass is 383 g/mol. The van der Waals surface area contributed by atoms with Crippen molar-refractivity contribution in [3.63, 3.8) is 0 Å². The lowest BCUT2D eigenvalue weighted by Crippen LogP contribution is -2.22. The molecule has 6 heteroatoms. The van der Waals surface area contributed by atoms with Crippen molar-refractivity contribution in [1.29, 1.82) is 5.26 Å². The summed E-state index contributed by atoms with van der Waals surface area (Å²) in [5, 5.41) is 10.4. The van der Waals surface area contributed by atoms with Gasteiger partial charge in [0.1, 0.15) is 0 Å². The molecule has 0 aliphatic heterocycles. The smallest absolute Gasteiger partial charge is 0.266 e. The van der Waals surface area contributed by atoms with Crippen molar-refractivity contribution < 1.29 is 0 Å². The van der Waals surface area contributed by atoms with Gasteiger partial charge in [0.25, 0.3) is 5.56 Å². The van der Waals surface area contributed by atoms with E-state index >= 15 is 0 Å². The zero-order chi connectivity index (χ0) is 18.7. The first-order valence-electron chi connectivity index (χ1n) is 8.31. The summed E-state index contributed by atoms with van der Waals surface area (Å²) >= 11 is 7.57. The molecule has 1 heterocycles. The van der Waals surface area contributed by atoms with Crippen LogP contribution in [0.15, 0.2) is 46.3 Å². The van der Waals surface area contributed by atoms with Crippen molar-refractivity contribution in [2.24, 2.45) is 0 Å². The molecule has 3 rings (SSSR count). The van der Waals surface area contributed by atoms with E-state index in [2.05, 4.69) is 6.07 Å². The average molecular weight is 384 g/mol. The highest BCUT2D eigenvalue weighted by Crippen LogP contribution is 2.26. The van der Waals surface area contributed by atoms with E-state index in [0.29, 0.717) is 27.5 Å². The van der Waals surface area contributed by atoms with E-state index in [1.165, 1.54) is 11.8 Å². The third-order valence-corrected chi connectivity index (χ3v) is 5.54. The third-order valence-electron chi connectivity index (χ3n) is 4.28. The summed E-state index contributed by atoms with van der Waals surface area (Å²) in [5.74, 6) is 0.719. The van der Waals surface area contributed by atoms with Crippen LogP contribution in [0.2, 0.25) is 5.02 Å². The summed E-state index contributed by atoms with van der Waals surface area (Å²) in [6, 6.07) is 13.2. The number of nitriles is 1. The summed E-state index contributed by atoms with van der Waals surface area (Å²) in [4.78, 5) is 17.9. The predicted molar refractivity (Wildman–Crippen MR) is 107 cm³/mol. The molecule has 0 saturated carbocycles. The molecule has 0 radical (unpaired) electrons. The average Bonchev–Trinajstić information content (AvgIpc) is 2.61. The molecular weight excluding hydrogens is 366 g/mol. The van der Waals surface area contributed by atoms with Crippen molar-refractivity contribution >= 4 is 34.3 Å². The van der Waals surface area contributed by atoms with E-state index in [9.17, 15) is 4.79 Å². The number of thioether (sulfide) groups is 1. The first kappa shape index (κ1) is 18.5. The number of hydrogen-bond donors (Lipinski definition) is 0. The molecule has 0 N–H and O–H groups in total. The van der Waals surface area contributed by atoms with Gasteiger partial charge in [-0.3, -0.25) is 9.36 Å². The molecular formula is C20H18ClN3OS. The van der Waals surface area contributed by atoms with Gasteiger partial charge in [0.15, 0.2) is 5.16 Å². The molecule has 1 aromatic heterocycles. The summed E-state index contributed by atoms with van der Waals surface area (Å²) in [7, 11) is 0. The van der Waals surface area contributed by atoms with Gasteiger partial charge in [-0.1, -0.05) is 35.5 Å². The molecule has 0 saturated heterocycles. The fourth-order valence-corrected chi connectivity index (χ4v) is 3.85. The number of aromatic nitrogens is 2. The lowest BCUT2D eigenvalue weighted by Gasteiger charge is -2.16. The van der Waals surface area contributed by atoms with Gasteiger partial charge in [-0.15, -0.1) is 0 Å². The Bertz CT molecular complexity index is 1070. The third kappa shape index (κ3) is 3.62. The molecule has 0 spiro atoms. The van der Waals surface area contributed by atoms with Gasteiger partial charge in [-0.25, -0.2) is 4.98 Å². The minimum absolute atomic E-state index is 0.108. The largest absolute Gasteiger partial charge is 0.268 e. The maximum Gasteiger partial charge on any atom is 0.266 e. The molecule has 0 bridgehead atoms. The van der Waals surface area contributed by atoms with Crippen LogP contribution in [-0.2, 0) is 0 Å². The maximum atomic E-state index is 13.2. The Morgan fingerprint density at radius 3 is 2.85 bits per heavy atom. The summed E-state index contributed by atoms with van der Waals surface area (Å²) < 4.78 is 1.68. The molecule has 0 atom stereocenters. The molecule has 0 aliphatic carbocycles. The number of hydrogen-bond acceptors (Lipinski definition) is 4. The quantitative estimate of drug-likeness (QED) is 0.351. The number of nitrogens with zero attached hydrogens (tertiary/aromatic N) is 3. The Balaban J connectivity index is 2.22. The number of fused-ring (bicyclic) bond motifs is 1. The number of aryl methyl sites for hydroxylation is 1. The van der Waals surface area contributed by atoms with Crippen LogP contribution in [0.4, 0.5) is 0 Å². The molecule has 132 valence electrons. The number of rotatable bonds is 5. The van der Waals surface area contributed by atoms with Crippen molar-refractivity contribution in [2.45, 2.75) is 31.8 Å². The van der Waals surface area contributed by atoms with Crippen LogP contribution in [0.3, 0.4) is 0 Å². The van der Waals surface area contributed by atoms with Gasteiger partial charge in [0.05, 0.1) is 22.7 Å². The summed E-state index contributed by atoms with van der Waals surface area (Å²) in [6.07, 6.45) is 1.23. The topological polar surface area (TPSA) is 58.7 Å². The fourth-order valence-electron chi connectivity index (χ4n) is 2.74. The molecule has 0 unspecified atom stereocenters. The van der Waals surface area contributed by atoms with E-state index in [4.69, 9.17) is 21.8 Å². The Morgan fingerprint density at radius 2 is 2.08 bits per heavy atom. The molecule has 2 aromatic carbocycles. The van der Waals surface area contributed by atoms with Gasteiger partial charge in [-0.2, -0.15) is 5.26 Å². The zero-order valence-corrected chi connectivity index (χ0v) is 16.2. The van der Waals surface area contributed by atoms with Gasteiger partial charge in [-0.05, 0) is 55.7 Å². The van der Waals surface area contributed by atoms with Gasteiger partial charge in [0.2, 0.25) is 0 Å². The minimum Gasteiger partial charge on any atom is -0.268 e. The number of benzene rings is 2. The highest BCUT2D eigenvalue weighted by atomic mass is 35.5. The Morgan fingerprint density at radius 1 is 1.27 bits per heavy atom. The van der Waals surface area contributed by atoms with E-state index in [-0.39, 0.29) is 5.56 Å². The number of halogens is 1. The van der Waals surface area contributed by atoms with E-state index in [1.807, 2.05) is 32.0 Å². The Hall–Kier alpha value is -2.29. The maximum absolute atomic E-state index is 13.2. The molecule has 4 nitrogen and oxygen atoms in total. The van der Waals surface area contributed by atoms with Crippen LogP contribution >= 0.6 is 23.4 Å². The van der Waals surface area contributed by atoms with E-state index < -0.39 is 0 Å². The normalized spacial score (nSPS) is 10.8. The first-order chi connectivity index (χ1) is 12.5. The molecule has 0 fully saturated rings. The van der Waals surface area contributed by atoms with Crippen LogP contribution in [0, 0.1) is 25.2 Å². The van der Waals surface area contributed by atoms with Crippen molar-refractivity contribution in [3.8, 4) is 11.8 Å². The SMILES string of the molecule is Cc1cccc(-n2c(SCCCC#N)nc3cc(Cl)ccc3c2=O)c1C. The highest BCUT2D eigenvalue weighted by molar-refractivity contribution is 7.99. The lowest BCUT2D eigenvalue weighted by molar-refractivity contribution is 0.811. The highest BCUT2D eigenvalue weighted by Gasteiger charge is 2.15. The van der Waals surface area contributed by atoms with E-state index in [1.54, 1.807) is 22.8 Å². The van der Waals surface area contributed by atoms with Crippen LogP contribution in [0.25, 0.3) is 16.6 Å². The second-order valence-corrected chi connectivity index (χ2v) is 7.52. The molecule has 26 heavy (non-hydrogen) atoms. The van der Waals surface area contributed by atoms with Gasteiger partial charge >= 0.3 is 0 Å². The molecule has 0 amide bonds. The lowest BCUT2D eigenvalue weighted by atomic mass is 10.1. The Labute approximate surface area is 161 Å². The van der Waals surface area contributed by atoms with Crippen molar-refractivity contribution in [1.82, 2.24) is 9.55 Å². The van der Waals surface area contributed by atoms with E-state index in [0.717, 1.165) is 29.0 Å². The molecule has 3 aromatic rings. The first-order valence-corrected chi connectivity index (χ1v) is 9.68. The fraction of sp³-hybridized carbons (Fsp3) is 0.250. The van der Waals surface area contributed by atoms with Crippen molar-refractivity contribution in [3.05, 3.63) is 62.9 Å². The second-order valence-electron chi connectivity index (χ2n) is 6.03. The number of unbranched alkanes of at least 4 members (excludes halogenated alkanes) is 1. The molecule has 0 aliphatic rings. The van der Waals surface area contributed by atoms with Crippen LogP contribution in [-0.4, -0.2) is 15.3 Å². The summed E-state index contributed by atoms with van der Waals surface area (Å²) in [6.45, 7) is 4.03.